The number of hydrogen-bond acceptors (Lipinski definition) is 2. The van der Waals surface area contributed by atoms with Gasteiger partial charge in [0, 0.05) is 0 Å². The van der Waals surface area contributed by atoms with E-state index in [0.717, 1.165) is 29.5 Å². The summed E-state index contributed by atoms with van der Waals surface area (Å²) in [6.45, 7) is 2.04. The fourth-order valence-corrected chi connectivity index (χ4v) is 2.50. The quantitative estimate of drug-likeness (QED) is 0.895. The zero-order valence-corrected chi connectivity index (χ0v) is 10.3. The fourth-order valence-electron chi connectivity index (χ4n) is 1.91. The molecule has 1 aromatic rings. The molecular weight excluding hydrogens is 256 g/mol. The molecule has 0 amide bonds. The first kappa shape index (κ1) is 11.0. The molecule has 82 valence electrons. The molecule has 0 aromatic heterocycles. The maximum Gasteiger partial charge on any atom is 0.134 e. The molecule has 0 bridgehead atoms. The van der Waals surface area contributed by atoms with E-state index >= 15 is 0 Å². The number of aliphatic hydroxyl groups is 1. The Kier molecular flexibility index (Phi) is 3.32. The van der Waals surface area contributed by atoms with Crippen molar-refractivity contribution < 1.29 is 9.84 Å². The van der Waals surface area contributed by atoms with Crippen LogP contribution < -0.4 is 4.74 Å². The fraction of sp³-hybridized carbons (Fsp3) is 0.500. The first-order valence-electron chi connectivity index (χ1n) is 5.27. The predicted octanol–water partition coefficient (Wildman–Crippen LogP) is 3.05. The highest BCUT2D eigenvalue weighted by molar-refractivity contribution is 9.10. The molecule has 0 heterocycles. The number of aryl methyl sites for hydroxylation is 1. The van der Waals surface area contributed by atoms with Crippen LogP contribution >= 0.6 is 15.9 Å². The Bertz CT molecular complexity index is 351. The van der Waals surface area contributed by atoms with Crippen molar-refractivity contribution in [2.45, 2.75) is 38.4 Å². The Hall–Kier alpha value is -0.540. The standard InChI is InChI=1S/C12H15BrO2/c1-8-5-6-11(9(13)7-8)15-12-4-2-3-10(12)14/h5-7,10,12,14H,2-4H2,1H3. The molecule has 2 unspecified atom stereocenters. The van der Waals surface area contributed by atoms with Crippen LogP contribution in [0, 0.1) is 6.92 Å². The second-order valence-corrected chi connectivity index (χ2v) is 4.94. The lowest BCUT2D eigenvalue weighted by Crippen LogP contribution is -2.25. The molecule has 15 heavy (non-hydrogen) atoms. The van der Waals surface area contributed by atoms with Gasteiger partial charge in [0.15, 0.2) is 0 Å². The zero-order chi connectivity index (χ0) is 10.8. The van der Waals surface area contributed by atoms with E-state index in [4.69, 9.17) is 4.74 Å². The number of benzene rings is 1. The minimum Gasteiger partial charge on any atom is -0.487 e. The summed E-state index contributed by atoms with van der Waals surface area (Å²) in [4.78, 5) is 0. The first-order valence-corrected chi connectivity index (χ1v) is 6.07. The van der Waals surface area contributed by atoms with Crippen LogP contribution in [-0.4, -0.2) is 17.3 Å². The lowest BCUT2D eigenvalue weighted by Gasteiger charge is -2.18. The summed E-state index contributed by atoms with van der Waals surface area (Å²) < 4.78 is 6.74. The lowest BCUT2D eigenvalue weighted by atomic mass is 10.2. The summed E-state index contributed by atoms with van der Waals surface area (Å²) in [6.07, 6.45) is 2.51. The van der Waals surface area contributed by atoms with E-state index in [1.807, 2.05) is 25.1 Å². The molecule has 0 aliphatic heterocycles. The van der Waals surface area contributed by atoms with E-state index in [9.17, 15) is 5.11 Å². The van der Waals surface area contributed by atoms with Gasteiger partial charge in [-0.1, -0.05) is 6.07 Å². The third kappa shape index (κ3) is 2.52. The number of ether oxygens (including phenoxy) is 1. The van der Waals surface area contributed by atoms with Crippen LogP contribution in [0.5, 0.6) is 5.75 Å². The normalized spacial score (nSPS) is 25.5. The topological polar surface area (TPSA) is 29.5 Å². The molecule has 3 heteroatoms. The Balaban J connectivity index is 2.10. The maximum absolute atomic E-state index is 9.66. The van der Waals surface area contributed by atoms with Crippen molar-refractivity contribution in [3.8, 4) is 5.75 Å². The van der Waals surface area contributed by atoms with Gasteiger partial charge < -0.3 is 9.84 Å². The molecule has 1 saturated carbocycles. The van der Waals surface area contributed by atoms with E-state index in [0.29, 0.717) is 0 Å². The van der Waals surface area contributed by atoms with Crippen molar-refractivity contribution >= 4 is 15.9 Å². The van der Waals surface area contributed by atoms with Crippen LogP contribution in [0.2, 0.25) is 0 Å². The SMILES string of the molecule is Cc1ccc(OC2CCCC2O)c(Br)c1. The van der Waals surface area contributed by atoms with Crippen molar-refractivity contribution in [3.63, 3.8) is 0 Å². The third-order valence-electron chi connectivity index (χ3n) is 2.78. The molecule has 1 fully saturated rings. The highest BCUT2D eigenvalue weighted by Crippen LogP contribution is 2.30. The van der Waals surface area contributed by atoms with Gasteiger partial charge in [-0.25, -0.2) is 0 Å². The van der Waals surface area contributed by atoms with Gasteiger partial charge in [-0.15, -0.1) is 0 Å². The summed E-state index contributed by atoms with van der Waals surface area (Å²) in [7, 11) is 0. The van der Waals surface area contributed by atoms with Gasteiger partial charge in [-0.2, -0.15) is 0 Å². The molecule has 2 rings (SSSR count). The molecular formula is C12H15BrO2. The van der Waals surface area contributed by atoms with Gasteiger partial charge in [-0.05, 0) is 59.8 Å². The van der Waals surface area contributed by atoms with Crippen LogP contribution in [-0.2, 0) is 0 Å². The summed E-state index contributed by atoms with van der Waals surface area (Å²) in [5, 5.41) is 9.66. The molecule has 0 spiro atoms. The van der Waals surface area contributed by atoms with Gasteiger partial charge in [0.05, 0.1) is 10.6 Å². The van der Waals surface area contributed by atoms with Crippen molar-refractivity contribution in [3.05, 3.63) is 28.2 Å². The van der Waals surface area contributed by atoms with E-state index in [1.54, 1.807) is 0 Å². The maximum atomic E-state index is 9.66. The Morgan fingerprint density at radius 1 is 1.40 bits per heavy atom. The van der Waals surface area contributed by atoms with E-state index in [1.165, 1.54) is 5.56 Å². The van der Waals surface area contributed by atoms with Crippen LogP contribution in [0.1, 0.15) is 24.8 Å². The van der Waals surface area contributed by atoms with Crippen molar-refractivity contribution in [1.29, 1.82) is 0 Å². The van der Waals surface area contributed by atoms with Crippen LogP contribution in [0.4, 0.5) is 0 Å². The van der Waals surface area contributed by atoms with Gasteiger partial charge in [0.25, 0.3) is 0 Å². The molecule has 1 aliphatic rings. The van der Waals surface area contributed by atoms with E-state index in [-0.39, 0.29) is 12.2 Å². The van der Waals surface area contributed by atoms with Gasteiger partial charge in [-0.3, -0.25) is 0 Å². The number of aliphatic hydroxyl groups excluding tert-OH is 1. The minimum atomic E-state index is -0.307. The average molecular weight is 271 g/mol. The third-order valence-corrected chi connectivity index (χ3v) is 3.40. The number of hydrogen-bond donors (Lipinski definition) is 1. The summed E-state index contributed by atoms with van der Waals surface area (Å²) in [5.74, 6) is 0.826. The summed E-state index contributed by atoms with van der Waals surface area (Å²) >= 11 is 3.47. The van der Waals surface area contributed by atoms with Crippen LogP contribution in [0.25, 0.3) is 0 Å². The van der Waals surface area contributed by atoms with Crippen LogP contribution in [0.3, 0.4) is 0 Å². The monoisotopic (exact) mass is 270 g/mol. The highest BCUT2D eigenvalue weighted by atomic mass is 79.9. The average Bonchev–Trinajstić information content (AvgIpc) is 2.57. The van der Waals surface area contributed by atoms with Crippen molar-refractivity contribution in [2.75, 3.05) is 0 Å². The van der Waals surface area contributed by atoms with Crippen molar-refractivity contribution in [1.82, 2.24) is 0 Å². The first-order chi connectivity index (χ1) is 7.16. The molecule has 1 aromatic carbocycles. The molecule has 2 atom stereocenters. The Labute approximate surface area is 98.4 Å². The second-order valence-electron chi connectivity index (χ2n) is 4.09. The van der Waals surface area contributed by atoms with Gasteiger partial charge in [0.1, 0.15) is 11.9 Å². The molecule has 2 nitrogen and oxygen atoms in total. The highest BCUT2D eigenvalue weighted by Gasteiger charge is 2.27. The largest absolute Gasteiger partial charge is 0.487 e. The smallest absolute Gasteiger partial charge is 0.134 e. The summed E-state index contributed by atoms with van der Waals surface area (Å²) in [5.41, 5.74) is 1.20. The minimum absolute atomic E-state index is 0.0380. The number of halogens is 1. The van der Waals surface area contributed by atoms with Crippen molar-refractivity contribution in [2.24, 2.45) is 0 Å². The second kappa shape index (κ2) is 4.54. The summed E-state index contributed by atoms with van der Waals surface area (Å²) in [6, 6.07) is 5.99. The van der Waals surface area contributed by atoms with Gasteiger partial charge in [0.2, 0.25) is 0 Å². The number of rotatable bonds is 2. The molecule has 0 radical (unpaired) electrons. The van der Waals surface area contributed by atoms with Gasteiger partial charge >= 0.3 is 0 Å². The molecule has 1 N–H and O–H groups in total. The molecule has 1 aliphatic carbocycles. The van der Waals surface area contributed by atoms with E-state index in [2.05, 4.69) is 15.9 Å². The van der Waals surface area contributed by atoms with Crippen LogP contribution in [0.15, 0.2) is 22.7 Å². The van der Waals surface area contributed by atoms with E-state index < -0.39 is 0 Å². The predicted molar refractivity (Wildman–Crippen MR) is 63.2 cm³/mol. The Morgan fingerprint density at radius 3 is 2.80 bits per heavy atom. The zero-order valence-electron chi connectivity index (χ0n) is 8.74. The lowest BCUT2D eigenvalue weighted by molar-refractivity contribution is 0.0599. The molecule has 0 saturated heterocycles. The Morgan fingerprint density at radius 2 is 2.20 bits per heavy atom.